The fourth-order valence-corrected chi connectivity index (χ4v) is 3.88. The molecule has 0 radical (unpaired) electrons. The molecule has 2 heterocycles. The minimum atomic E-state index is -0.490. The minimum absolute atomic E-state index is 0.490. The fraction of sp³-hybridized carbons (Fsp3) is 0.400. The topological polar surface area (TPSA) is 35.1 Å². The van der Waals surface area contributed by atoms with Crippen LogP contribution < -0.4 is 14.8 Å². The molecule has 0 bridgehead atoms. The molecule has 1 unspecified atom stereocenters. The second kappa shape index (κ2) is 6.30. The van der Waals surface area contributed by atoms with Crippen molar-refractivity contribution in [2.75, 3.05) is 19.7 Å². The highest BCUT2D eigenvalue weighted by Gasteiger charge is 2.37. The molecule has 4 heteroatoms. The molecule has 2 N–H and O–H groups in total. The van der Waals surface area contributed by atoms with Gasteiger partial charge in [-0.25, -0.2) is 0 Å². The average molecular weight is 345 g/mol. The van der Waals surface area contributed by atoms with Gasteiger partial charge in [-0.1, -0.05) is 35.9 Å². The lowest BCUT2D eigenvalue weighted by Gasteiger charge is -2.37. The van der Waals surface area contributed by atoms with Gasteiger partial charge in [0.25, 0.3) is 0 Å². The maximum atomic E-state index is 6.40. The molecule has 24 heavy (non-hydrogen) atoms. The van der Waals surface area contributed by atoms with Gasteiger partial charge in [-0.3, -0.25) is 0 Å². The second-order valence-electron chi connectivity index (χ2n) is 6.94. The number of ether oxygens (including phenoxy) is 2. The van der Waals surface area contributed by atoms with Crippen molar-refractivity contribution >= 4 is 11.6 Å². The van der Waals surface area contributed by atoms with Gasteiger partial charge >= 0.3 is 0 Å². The molecule has 0 aromatic heterocycles. The Morgan fingerprint density at radius 3 is 2.58 bits per heavy atom. The highest BCUT2D eigenvalue weighted by Crippen LogP contribution is 2.45. The van der Waals surface area contributed by atoms with E-state index in [0.717, 1.165) is 22.1 Å². The van der Waals surface area contributed by atoms with E-state index in [4.69, 9.17) is 21.1 Å². The maximum absolute atomic E-state index is 6.40. The molecule has 1 atom stereocenters. The van der Waals surface area contributed by atoms with E-state index >= 15 is 0 Å². The van der Waals surface area contributed by atoms with Crippen LogP contribution in [0, 0.1) is 0 Å². The lowest BCUT2D eigenvalue weighted by Crippen LogP contribution is -2.86. The Morgan fingerprint density at radius 2 is 1.83 bits per heavy atom. The Balaban J connectivity index is 1.64. The Morgan fingerprint density at radius 1 is 1.08 bits per heavy atom. The zero-order valence-corrected chi connectivity index (χ0v) is 14.7. The Hall–Kier alpha value is -1.71. The van der Waals surface area contributed by atoms with Crippen molar-refractivity contribution in [3.05, 3.63) is 58.6 Å². The molecule has 1 fully saturated rings. The summed E-state index contributed by atoms with van der Waals surface area (Å²) in [6.45, 7) is 4.97. The molecular formula is C20H23ClNO2+. The monoisotopic (exact) mass is 344 g/mol. The molecule has 2 aromatic rings. The lowest BCUT2D eigenvalue weighted by atomic mass is 9.88. The predicted molar refractivity (Wildman–Crippen MR) is 95.0 cm³/mol. The van der Waals surface area contributed by atoms with E-state index in [9.17, 15) is 0 Å². The van der Waals surface area contributed by atoms with Crippen LogP contribution in [0.15, 0.2) is 42.5 Å². The first-order chi connectivity index (χ1) is 11.7. The van der Waals surface area contributed by atoms with Gasteiger partial charge in [-0.05, 0) is 36.6 Å². The van der Waals surface area contributed by atoms with Crippen molar-refractivity contribution in [1.29, 1.82) is 0 Å². The van der Waals surface area contributed by atoms with Crippen LogP contribution in [-0.4, -0.2) is 19.7 Å². The summed E-state index contributed by atoms with van der Waals surface area (Å²) in [6.07, 6.45) is 2.41. The van der Waals surface area contributed by atoms with E-state index in [1.807, 2.05) is 30.3 Å². The van der Waals surface area contributed by atoms with Gasteiger partial charge < -0.3 is 14.8 Å². The molecule has 0 aliphatic carbocycles. The maximum Gasteiger partial charge on any atom is 0.165 e. The summed E-state index contributed by atoms with van der Waals surface area (Å²) in [4.78, 5) is 0. The van der Waals surface area contributed by atoms with Crippen molar-refractivity contribution in [3.63, 3.8) is 0 Å². The van der Waals surface area contributed by atoms with Gasteiger partial charge in [-0.15, -0.1) is 0 Å². The van der Waals surface area contributed by atoms with E-state index in [1.54, 1.807) is 0 Å². The normalized spacial score (nSPS) is 23.9. The van der Waals surface area contributed by atoms with Crippen LogP contribution in [0.4, 0.5) is 0 Å². The molecule has 4 rings (SSSR count). The van der Waals surface area contributed by atoms with Crippen molar-refractivity contribution < 1.29 is 14.8 Å². The summed E-state index contributed by atoms with van der Waals surface area (Å²) < 4.78 is 12.6. The Labute approximate surface area is 147 Å². The van der Waals surface area contributed by atoms with E-state index in [0.29, 0.717) is 12.5 Å². The van der Waals surface area contributed by atoms with E-state index in [-0.39, 0.29) is 0 Å². The summed E-state index contributed by atoms with van der Waals surface area (Å²) >= 11 is 6.01. The van der Waals surface area contributed by atoms with Crippen LogP contribution in [0.25, 0.3) is 0 Å². The van der Waals surface area contributed by atoms with Gasteiger partial charge in [0.1, 0.15) is 6.61 Å². The van der Waals surface area contributed by atoms with Crippen LogP contribution >= 0.6 is 11.6 Å². The Kier molecular flexibility index (Phi) is 4.15. The summed E-state index contributed by atoms with van der Waals surface area (Å²) in [5.41, 5.74) is 1.89. The molecule has 2 aliphatic heterocycles. The zero-order valence-electron chi connectivity index (χ0n) is 13.9. The number of benzene rings is 2. The number of halogens is 1. The number of piperidine rings is 1. The molecule has 0 amide bonds. The molecule has 126 valence electrons. The van der Waals surface area contributed by atoms with Crippen LogP contribution in [-0.2, 0) is 5.60 Å². The number of quaternary nitrogens is 1. The predicted octanol–water partition coefficient (Wildman–Crippen LogP) is 3.47. The highest BCUT2D eigenvalue weighted by atomic mass is 35.5. The van der Waals surface area contributed by atoms with Crippen molar-refractivity contribution in [3.8, 4) is 11.5 Å². The van der Waals surface area contributed by atoms with E-state index < -0.39 is 5.60 Å². The summed E-state index contributed by atoms with van der Waals surface area (Å²) in [5.74, 6) is 2.37. The summed E-state index contributed by atoms with van der Waals surface area (Å²) in [5, 5.41) is 3.12. The van der Waals surface area contributed by atoms with Gasteiger partial charge in [0.2, 0.25) is 0 Å². The fourth-order valence-electron chi connectivity index (χ4n) is 3.75. The third-order valence-corrected chi connectivity index (χ3v) is 5.42. The highest BCUT2D eigenvalue weighted by molar-refractivity contribution is 6.30. The van der Waals surface area contributed by atoms with Gasteiger partial charge in [0, 0.05) is 23.4 Å². The third-order valence-electron chi connectivity index (χ3n) is 5.17. The van der Waals surface area contributed by atoms with E-state index in [2.05, 4.69) is 24.4 Å². The Bertz CT molecular complexity index is 725. The molecular weight excluding hydrogens is 322 g/mol. The van der Waals surface area contributed by atoms with Crippen molar-refractivity contribution in [2.45, 2.75) is 31.3 Å². The summed E-state index contributed by atoms with van der Waals surface area (Å²) in [6, 6.07) is 14.1. The number of para-hydroxylation sites is 1. The first kappa shape index (κ1) is 15.8. The molecule has 3 nitrogen and oxygen atoms in total. The number of nitrogens with two attached hydrogens (primary N) is 1. The number of fused-ring (bicyclic) bond motifs is 1. The van der Waals surface area contributed by atoms with E-state index in [1.165, 1.54) is 31.5 Å². The number of rotatable bonds is 2. The second-order valence-corrected chi connectivity index (χ2v) is 7.38. The first-order valence-corrected chi connectivity index (χ1v) is 9.06. The van der Waals surface area contributed by atoms with Crippen LogP contribution in [0.3, 0.4) is 0 Å². The quantitative estimate of drug-likeness (QED) is 0.905. The molecule has 0 saturated carbocycles. The molecule has 1 saturated heterocycles. The SMILES string of the molecule is CC1(c2ccc(Cl)cc2)COc2c(cccc2C2CC[NH2+]CC2)O1. The average Bonchev–Trinajstić information content (AvgIpc) is 2.62. The van der Waals surface area contributed by atoms with Crippen LogP contribution in [0.5, 0.6) is 11.5 Å². The standard InChI is InChI=1S/C20H22ClNO2/c1-20(15-5-7-16(21)8-6-15)13-23-19-17(3-2-4-18(19)24-20)14-9-11-22-12-10-14/h2-8,14,22H,9-13H2,1H3/p+1. The minimum Gasteiger partial charge on any atom is -0.485 e. The molecule has 2 aliphatic rings. The van der Waals surface area contributed by atoms with Crippen molar-refractivity contribution in [1.82, 2.24) is 0 Å². The van der Waals surface area contributed by atoms with Gasteiger partial charge in [0.15, 0.2) is 17.1 Å². The van der Waals surface area contributed by atoms with Gasteiger partial charge in [-0.2, -0.15) is 0 Å². The lowest BCUT2D eigenvalue weighted by molar-refractivity contribution is -0.663. The van der Waals surface area contributed by atoms with Gasteiger partial charge in [0.05, 0.1) is 13.1 Å². The zero-order chi connectivity index (χ0) is 16.6. The molecule has 2 aromatic carbocycles. The number of hydrogen-bond donors (Lipinski definition) is 1. The van der Waals surface area contributed by atoms with Crippen LogP contribution in [0.1, 0.15) is 36.8 Å². The largest absolute Gasteiger partial charge is 0.485 e. The van der Waals surface area contributed by atoms with Crippen molar-refractivity contribution in [2.24, 2.45) is 0 Å². The van der Waals surface area contributed by atoms with Crippen LogP contribution in [0.2, 0.25) is 5.02 Å². The summed E-state index contributed by atoms with van der Waals surface area (Å²) in [7, 11) is 0. The smallest absolute Gasteiger partial charge is 0.165 e. The number of hydrogen-bond acceptors (Lipinski definition) is 2. The third kappa shape index (κ3) is 2.87. The molecule has 0 spiro atoms. The first-order valence-electron chi connectivity index (χ1n) is 8.68.